The number of aliphatic hydroxyl groups is 1. The Morgan fingerprint density at radius 1 is 1.00 bits per heavy atom. The molecule has 20 heavy (non-hydrogen) atoms. The first-order valence-corrected chi connectivity index (χ1v) is 7.12. The third kappa shape index (κ3) is 3.20. The molecule has 2 rings (SSSR count). The van der Waals surface area contributed by atoms with Gasteiger partial charge in [-0.1, -0.05) is 48.9 Å². The molecule has 1 atom stereocenters. The van der Waals surface area contributed by atoms with Crippen LogP contribution in [0.1, 0.15) is 30.5 Å². The van der Waals surface area contributed by atoms with Gasteiger partial charge in [0.1, 0.15) is 0 Å². The highest BCUT2D eigenvalue weighted by molar-refractivity contribution is 5.49. The average Bonchev–Trinajstić information content (AvgIpc) is 2.49. The lowest BCUT2D eigenvalue weighted by Crippen LogP contribution is -2.35. The number of rotatable bonds is 5. The largest absolute Gasteiger partial charge is 0.394 e. The third-order valence-electron chi connectivity index (χ3n) is 3.79. The van der Waals surface area contributed by atoms with E-state index in [-0.39, 0.29) is 6.61 Å². The number of hydrogen-bond acceptors (Lipinski definition) is 2. The van der Waals surface area contributed by atoms with E-state index in [4.69, 9.17) is 0 Å². The molecular formula is C18H23NO. The van der Waals surface area contributed by atoms with Crippen molar-refractivity contribution >= 4 is 5.69 Å². The van der Waals surface area contributed by atoms with Crippen molar-refractivity contribution in [2.24, 2.45) is 0 Å². The summed E-state index contributed by atoms with van der Waals surface area (Å²) in [6.07, 6.45) is 1.03. The lowest BCUT2D eigenvalue weighted by molar-refractivity contribution is 0.224. The summed E-state index contributed by atoms with van der Waals surface area (Å²) in [4.78, 5) is 0. The molecule has 0 saturated heterocycles. The van der Waals surface area contributed by atoms with Crippen LogP contribution >= 0.6 is 0 Å². The lowest BCUT2D eigenvalue weighted by Gasteiger charge is -2.31. The van der Waals surface area contributed by atoms with Gasteiger partial charge in [0.05, 0.1) is 12.1 Å². The number of benzene rings is 2. The highest BCUT2D eigenvalue weighted by atomic mass is 16.3. The molecule has 0 fully saturated rings. The molecule has 2 nitrogen and oxygen atoms in total. The van der Waals surface area contributed by atoms with Crippen LogP contribution in [-0.2, 0) is 12.0 Å². The minimum Gasteiger partial charge on any atom is -0.394 e. The molecule has 2 N–H and O–H groups in total. The number of anilines is 1. The van der Waals surface area contributed by atoms with E-state index in [0.717, 1.165) is 17.7 Å². The van der Waals surface area contributed by atoms with Crippen molar-refractivity contribution < 1.29 is 5.11 Å². The third-order valence-corrected chi connectivity index (χ3v) is 3.79. The summed E-state index contributed by atoms with van der Waals surface area (Å²) in [6, 6.07) is 16.7. The van der Waals surface area contributed by atoms with Crippen LogP contribution in [0.15, 0.2) is 48.5 Å². The molecule has 0 bridgehead atoms. The van der Waals surface area contributed by atoms with Gasteiger partial charge in [0.25, 0.3) is 0 Å². The zero-order valence-electron chi connectivity index (χ0n) is 12.5. The van der Waals surface area contributed by atoms with Crippen LogP contribution in [0.5, 0.6) is 0 Å². The number of aryl methyl sites for hydroxylation is 2. The van der Waals surface area contributed by atoms with Crippen molar-refractivity contribution in [3.8, 4) is 0 Å². The van der Waals surface area contributed by atoms with Gasteiger partial charge >= 0.3 is 0 Å². The quantitative estimate of drug-likeness (QED) is 0.863. The van der Waals surface area contributed by atoms with Gasteiger partial charge in [-0.2, -0.15) is 0 Å². The molecule has 2 aromatic rings. The normalized spacial score (nSPS) is 13.8. The molecule has 0 radical (unpaired) electrons. The van der Waals surface area contributed by atoms with E-state index in [9.17, 15) is 5.11 Å². The first-order valence-electron chi connectivity index (χ1n) is 7.12. The van der Waals surface area contributed by atoms with Crippen molar-refractivity contribution in [2.45, 2.75) is 32.7 Å². The summed E-state index contributed by atoms with van der Waals surface area (Å²) in [6.45, 7) is 6.28. The molecule has 0 amide bonds. The lowest BCUT2D eigenvalue weighted by atomic mass is 9.91. The van der Waals surface area contributed by atoms with Crippen LogP contribution in [0, 0.1) is 6.92 Å². The van der Waals surface area contributed by atoms with Gasteiger partial charge in [-0.15, -0.1) is 0 Å². The van der Waals surface area contributed by atoms with Crippen molar-refractivity contribution in [3.63, 3.8) is 0 Å². The van der Waals surface area contributed by atoms with Crippen LogP contribution in [0.4, 0.5) is 5.69 Å². The topological polar surface area (TPSA) is 32.3 Å². The fourth-order valence-electron chi connectivity index (χ4n) is 2.27. The molecule has 2 aromatic carbocycles. The molecule has 2 heteroatoms. The van der Waals surface area contributed by atoms with Crippen LogP contribution in [0.25, 0.3) is 0 Å². The smallest absolute Gasteiger partial charge is 0.0828 e. The van der Waals surface area contributed by atoms with E-state index >= 15 is 0 Å². The summed E-state index contributed by atoms with van der Waals surface area (Å²) in [5.74, 6) is 0. The van der Waals surface area contributed by atoms with Gasteiger partial charge in [0, 0.05) is 5.69 Å². The summed E-state index contributed by atoms with van der Waals surface area (Å²) in [5, 5.41) is 13.3. The predicted molar refractivity (Wildman–Crippen MR) is 85.1 cm³/mol. The van der Waals surface area contributed by atoms with Crippen molar-refractivity contribution in [1.82, 2.24) is 0 Å². The van der Waals surface area contributed by atoms with Crippen LogP contribution in [-0.4, -0.2) is 11.7 Å². The average molecular weight is 269 g/mol. The Kier molecular flexibility index (Phi) is 4.46. The fraction of sp³-hybridized carbons (Fsp3) is 0.333. The van der Waals surface area contributed by atoms with Crippen molar-refractivity contribution in [1.29, 1.82) is 0 Å². The summed E-state index contributed by atoms with van der Waals surface area (Å²) >= 11 is 0. The van der Waals surface area contributed by atoms with E-state index in [1.165, 1.54) is 11.1 Å². The summed E-state index contributed by atoms with van der Waals surface area (Å²) in [5.41, 5.74) is 4.18. The van der Waals surface area contributed by atoms with Gasteiger partial charge in [-0.25, -0.2) is 0 Å². The Labute approximate surface area is 121 Å². The standard InChI is InChI=1S/C18H23NO/c1-4-15-7-9-16(10-8-15)18(3,13-20)19-17-11-5-14(2)6-12-17/h5-12,19-20H,4,13H2,1-3H3. The Bertz CT molecular complexity index is 545. The number of aliphatic hydroxyl groups excluding tert-OH is 1. The highest BCUT2D eigenvalue weighted by Crippen LogP contribution is 2.26. The van der Waals surface area contributed by atoms with Gasteiger partial charge in [0.15, 0.2) is 0 Å². The predicted octanol–water partition coefficient (Wildman–Crippen LogP) is 3.88. The first kappa shape index (κ1) is 14.6. The molecule has 0 saturated carbocycles. The van der Waals surface area contributed by atoms with E-state index < -0.39 is 5.54 Å². The van der Waals surface area contributed by atoms with Crippen LogP contribution in [0.2, 0.25) is 0 Å². The second-order valence-electron chi connectivity index (χ2n) is 5.53. The molecule has 0 aliphatic rings. The minimum atomic E-state index is -0.471. The first-order chi connectivity index (χ1) is 9.57. The molecule has 106 valence electrons. The van der Waals surface area contributed by atoms with Gasteiger partial charge in [0.2, 0.25) is 0 Å². The second-order valence-corrected chi connectivity index (χ2v) is 5.53. The molecule has 0 aliphatic heterocycles. The minimum absolute atomic E-state index is 0.0480. The van der Waals surface area contributed by atoms with E-state index in [1.54, 1.807) is 0 Å². The second kappa shape index (κ2) is 6.10. The molecule has 0 heterocycles. The Morgan fingerprint density at radius 2 is 1.60 bits per heavy atom. The molecule has 1 unspecified atom stereocenters. The van der Waals surface area contributed by atoms with E-state index in [1.807, 2.05) is 19.1 Å². The zero-order chi connectivity index (χ0) is 14.6. The monoisotopic (exact) mass is 269 g/mol. The Balaban J connectivity index is 2.25. The molecular weight excluding hydrogens is 246 g/mol. The Hall–Kier alpha value is -1.80. The van der Waals surface area contributed by atoms with Crippen molar-refractivity contribution in [2.75, 3.05) is 11.9 Å². The zero-order valence-corrected chi connectivity index (χ0v) is 12.5. The summed E-state index contributed by atoms with van der Waals surface area (Å²) < 4.78 is 0. The number of hydrogen-bond donors (Lipinski definition) is 2. The maximum Gasteiger partial charge on any atom is 0.0828 e. The summed E-state index contributed by atoms with van der Waals surface area (Å²) in [7, 11) is 0. The van der Waals surface area contributed by atoms with Crippen LogP contribution < -0.4 is 5.32 Å². The molecule has 0 spiro atoms. The highest BCUT2D eigenvalue weighted by Gasteiger charge is 2.25. The molecule has 0 aromatic heterocycles. The van der Waals surface area contributed by atoms with Crippen LogP contribution in [0.3, 0.4) is 0 Å². The maximum absolute atomic E-state index is 9.82. The van der Waals surface area contributed by atoms with Gasteiger partial charge in [-0.3, -0.25) is 0 Å². The van der Waals surface area contributed by atoms with Gasteiger partial charge in [-0.05, 0) is 43.5 Å². The van der Waals surface area contributed by atoms with E-state index in [0.29, 0.717) is 0 Å². The molecule has 0 aliphatic carbocycles. The SMILES string of the molecule is CCc1ccc(C(C)(CO)Nc2ccc(C)cc2)cc1. The van der Waals surface area contributed by atoms with E-state index in [2.05, 4.69) is 55.6 Å². The van der Waals surface area contributed by atoms with Crippen molar-refractivity contribution in [3.05, 3.63) is 65.2 Å². The van der Waals surface area contributed by atoms with Gasteiger partial charge < -0.3 is 10.4 Å². The fourth-order valence-corrected chi connectivity index (χ4v) is 2.27. The maximum atomic E-state index is 9.82. The Morgan fingerprint density at radius 3 is 2.10 bits per heavy atom. The number of nitrogens with one attached hydrogen (secondary N) is 1.